The van der Waals surface area contributed by atoms with E-state index in [1.165, 1.54) is 0 Å². The molecule has 2 aromatic rings. The van der Waals surface area contributed by atoms with Gasteiger partial charge in [-0.15, -0.1) is 0 Å². The van der Waals surface area contributed by atoms with Crippen LogP contribution in [0.1, 0.15) is 32.6 Å². The molecule has 0 aliphatic carbocycles. The summed E-state index contributed by atoms with van der Waals surface area (Å²) >= 11 is 0. The number of benzene rings is 1. The van der Waals surface area contributed by atoms with Crippen LogP contribution < -0.4 is 10.2 Å². The summed E-state index contributed by atoms with van der Waals surface area (Å²) in [6, 6.07) is 8.54. The second kappa shape index (κ2) is 7.04. The van der Waals surface area contributed by atoms with Gasteiger partial charge in [0, 0.05) is 25.6 Å². The fourth-order valence-electron chi connectivity index (χ4n) is 3.76. The molecule has 1 amide bonds. The van der Waals surface area contributed by atoms with E-state index in [1.807, 2.05) is 31.2 Å². The molecule has 1 N–H and O–H groups in total. The van der Waals surface area contributed by atoms with Gasteiger partial charge in [0.1, 0.15) is 5.52 Å². The summed E-state index contributed by atoms with van der Waals surface area (Å²) in [5.41, 5.74) is 1.69. The van der Waals surface area contributed by atoms with E-state index in [0.717, 1.165) is 56.5 Å². The number of hydrogen-bond donors (Lipinski definition) is 1. The molecule has 6 heteroatoms. The quantitative estimate of drug-likeness (QED) is 0.924. The number of nitrogens with zero attached hydrogens (tertiary/aromatic N) is 2. The van der Waals surface area contributed by atoms with Crippen molar-refractivity contribution in [2.45, 2.75) is 44.8 Å². The number of carbonyl (C=O) groups is 1. The largest absolute Gasteiger partial charge is 0.423 e. The van der Waals surface area contributed by atoms with Crippen molar-refractivity contribution in [3.8, 4) is 0 Å². The van der Waals surface area contributed by atoms with Gasteiger partial charge in [-0.25, -0.2) is 0 Å². The predicted molar refractivity (Wildman–Crippen MR) is 95.5 cm³/mol. The molecule has 134 valence electrons. The van der Waals surface area contributed by atoms with Crippen molar-refractivity contribution >= 4 is 23.0 Å². The second-order valence-electron chi connectivity index (χ2n) is 7.07. The molecule has 25 heavy (non-hydrogen) atoms. The number of ether oxygens (including phenoxy) is 1. The number of fused-ring (bicyclic) bond motifs is 1. The van der Waals surface area contributed by atoms with Crippen LogP contribution >= 0.6 is 0 Å². The fraction of sp³-hybridized carbons (Fsp3) is 0.579. The van der Waals surface area contributed by atoms with Crippen molar-refractivity contribution in [3.05, 3.63) is 24.3 Å². The van der Waals surface area contributed by atoms with Crippen molar-refractivity contribution in [1.82, 2.24) is 10.3 Å². The Labute approximate surface area is 147 Å². The molecule has 2 fully saturated rings. The van der Waals surface area contributed by atoms with Crippen LogP contribution in [0.5, 0.6) is 0 Å². The molecule has 0 radical (unpaired) electrons. The van der Waals surface area contributed by atoms with Gasteiger partial charge in [-0.05, 0) is 44.7 Å². The van der Waals surface area contributed by atoms with E-state index in [0.29, 0.717) is 6.01 Å². The normalized spacial score (nSPS) is 23.1. The summed E-state index contributed by atoms with van der Waals surface area (Å²) in [5.74, 6) is 0.213. The topological polar surface area (TPSA) is 67.6 Å². The van der Waals surface area contributed by atoms with Gasteiger partial charge in [-0.3, -0.25) is 4.79 Å². The van der Waals surface area contributed by atoms with Crippen LogP contribution in [0, 0.1) is 5.92 Å². The fourth-order valence-corrected chi connectivity index (χ4v) is 3.76. The Bertz CT molecular complexity index is 697. The summed E-state index contributed by atoms with van der Waals surface area (Å²) in [6.07, 6.45) is 3.94. The third-order valence-electron chi connectivity index (χ3n) is 5.31. The lowest BCUT2D eigenvalue weighted by atomic mass is 9.95. The number of para-hydroxylation sites is 2. The number of nitrogens with one attached hydrogen (secondary N) is 1. The molecule has 0 spiro atoms. The summed E-state index contributed by atoms with van der Waals surface area (Å²) in [7, 11) is 0. The Morgan fingerprint density at radius 3 is 2.80 bits per heavy atom. The number of amides is 1. The number of carbonyl (C=O) groups excluding carboxylic acids is 1. The lowest BCUT2D eigenvalue weighted by Gasteiger charge is -2.31. The molecule has 3 heterocycles. The maximum absolute atomic E-state index is 12.5. The summed E-state index contributed by atoms with van der Waals surface area (Å²) in [6.45, 7) is 4.44. The van der Waals surface area contributed by atoms with E-state index < -0.39 is 0 Å². The SMILES string of the molecule is CC(NC(=O)C1CCN(c2nc3ccccc3o2)CC1)C1CCCO1. The zero-order valence-electron chi connectivity index (χ0n) is 14.6. The minimum Gasteiger partial charge on any atom is -0.423 e. The average molecular weight is 343 g/mol. The highest BCUT2D eigenvalue weighted by Gasteiger charge is 2.30. The first-order valence-corrected chi connectivity index (χ1v) is 9.23. The van der Waals surface area contributed by atoms with Crippen molar-refractivity contribution < 1.29 is 13.9 Å². The van der Waals surface area contributed by atoms with Crippen LogP contribution in [-0.2, 0) is 9.53 Å². The van der Waals surface area contributed by atoms with Crippen LogP contribution in [0.3, 0.4) is 0 Å². The van der Waals surface area contributed by atoms with Crippen LogP contribution in [0.25, 0.3) is 11.1 Å². The van der Waals surface area contributed by atoms with Crippen molar-refractivity contribution in [1.29, 1.82) is 0 Å². The zero-order valence-corrected chi connectivity index (χ0v) is 14.6. The van der Waals surface area contributed by atoms with Gasteiger partial charge >= 0.3 is 0 Å². The van der Waals surface area contributed by atoms with Gasteiger partial charge in [-0.2, -0.15) is 4.98 Å². The Morgan fingerprint density at radius 2 is 2.08 bits per heavy atom. The highest BCUT2D eigenvalue weighted by Crippen LogP contribution is 2.26. The Hall–Kier alpha value is -2.08. The second-order valence-corrected chi connectivity index (χ2v) is 7.07. The summed E-state index contributed by atoms with van der Waals surface area (Å²) in [4.78, 5) is 19.2. The van der Waals surface area contributed by atoms with Gasteiger partial charge in [-0.1, -0.05) is 12.1 Å². The molecule has 2 aliphatic heterocycles. The van der Waals surface area contributed by atoms with Gasteiger partial charge in [0.05, 0.1) is 12.1 Å². The van der Waals surface area contributed by atoms with E-state index in [1.54, 1.807) is 0 Å². The van der Waals surface area contributed by atoms with Crippen LogP contribution in [-0.4, -0.2) is 42.7 Å². The molecular weight excluding hydrogens is 318 g/mol. The van der Waals surface area contributed by atoms with Gasteiger partial charge in [0.15, 0.2) is 5.58 Å². The molecule has 2 aliphatic rings. The maximum Gasteiger partial charge on any atom is 0.298 e. The molecule has 0 saturated carbocycles. The number of oxazole rings is 1. The molecule has 2 unspecified atom stereocenters. The minimum atomic E-state index is 0.0597. The molecule has 4 rings (SSSR count). The first kappa shape index (κ1) is 16.4. The number of rotatable bonds is 4. The van der Waals surface area contributed by atoms with E-state index in [-0.39, 0.29) is 24.0 Å². The smallest absolute Gasteiger partial charge is 0.298 e. The zero-order chi connectivity index (χ0) is 17.2. The first-order chi connectivity index (χ1) is 12.2. The van der Waals surface area contributed by atoms with Crippen molar-refractivity contribution in [2.75, 3.05) is 24.6 Å². The highest BCUT2D eigenvalue weighted by molar-refractivity contribution is 5.79. The Balaban J connectivity index is 1.32. The lowest BCUT2D eigenvalue weighted by molar-refractivity contribution is -0.127. The molecule has 0 bridgehead atoms. The highest BCUT2D eigenvalue weighted by atomic mass is 16.5. The maximum atomic E-state index is 12.5. The van der Waals surface area contributed by atoms with Crippen LogP contribution in [0.15, 0.2) is 28.7 Å². The van der Waals surface area contributed by atoms with E-state index >= 15 is 0 Å². The lowest BCUT2D eigenvalue weighted by Crippen LogP contribution is -2.46. The van der Waals surface area contributed by atoms with Gasteiger partial charge in [0.2, 0.25) is 5.91 Å². The minimum absolute atomic E-state index is 0.0597. The van der Waals surface area contributed by atoms with E-state index in [9.17, 15) is 4.79 Å². The summed E-state index contributed by atoms with van der Waals surface area (Å²) < 4.78 is 11.5. The third kappa shape index (κ3) is 3.49. The molecular formula is C19H25N3O3. The van der Waals surface area contributed by atoms with Gasteiger partial charge < -0.3 is 19.4 Å². The monoisotopic (exact) mass is 343 g/mol. The number of piperidine rings is 1. The van der Waals surface area contributed by atoms with E-state index in [4.69, 9.17) is 9.15 Å². The molecule has 1 aromatic heterocycles. The third-order valence-corrected chi connectivity index (χ3v) is 5.31. The standard InChI is InChI=1S/C19H25N3O3/c1-13(16-7-4-12-24-16)20-18(23)14-8-10-22(11-9-14)19-21-15-5-2-3-6-17(15)25-19/h2-3,5-6,13-14,16H,4,7-12H2,1H3,(H,20,23). The Kier molecular flexibility index (Phi) is 4.61. The van der Waals surface area contributed by atoms with Gasteiger partial charge in [0.25, 0.3) is 6.01 Å². The first-order valence-electron chi connectivity index (χ1n) is 9.23. The summed E-state index contributed by atoms with van der Waals surface area (Å²) in [5, 5.41) is 3.15. The van der Waals surface area contributed by atoms with Crippen LogP contribution in [0.2, 0.25) is 0 Å². The van der Waals surface area contributed by atoms with E-state index in [2.05, 4.69) is 15.2 Å². The number of aromatic nitrogens is 1. The number of anilines is 1. The van der Waals surface area contributed by atoms with Crippen LogP contribution in [0.4, 0.5) is 6.01 Å². The molecule has 2 saturated heterocycles. The van der Waals surface area contributed by atoms with Crippen molar-refractivity contribution in [2.24, 2.45) is 5.92 Å². The molecule has 6 nitrogen and oxygen atoms in total. The Morgan fingerprint density at radius 1 is 1.28 bits per heavy atom. The van der Waals surface area contributed by atoms with Crippen molar-refractivity contribution in [3.63, 3.8) is 0 Å². The number of hydrogen-bond acceptors (Lipinski definition) is 5. The predicted octanol–water partition coefficient (Wildman–Crippen LogP) is 2.73. The molecule has 1 aromatic carbocycles. The molecule has 2 atom stereocenters. The average Bonchev–Trinajstić information content (AvgIpc) is 3.31.